The Labute approximate surface area is 144 Å². The van der Waals surface area contributed by atoms with Crippen LogP contribution in [0.4, 0.5) is 20.6 Å². The van der Waals surface area contributed by atoms with E-state index in [0.29, 0.717) is 24.5 Å². The fourth-order valence-electron chi connectivity index (χ4n) is 2.93. The molecule has 2 aliphatic heterocycles. The second kappa shape index (κ2) is 7.24. The number of hydrogen-bond donors (Lipinski definition) is 2. The first-order chi connectivity index (χ1) is 12.0. The first-order valence-electron chi connectivity index (χ1n) is 8.03. The van der Waals surface area contributed by atoms with Gasteiger partial charge < -0.3 is 19.8 Å². The maximum Gasteiger partial charge on any atom is 0.414 e. The van der Waals surface area contributed by atoms with Gasteiger partial charge in [-0.05, 0) is 18.2 Å². The molecule has 25 heavy (non-hydrogen) atoms. The molecule has 9 heteroatoms. The number of nitrogens with zero attached hydrogens (tertiary/aromatic N) is 2. The Balaban J connectivity index is 1.63. The van der Waals surface area contributed by atoms with Crippen molar-refractivity contribution in [2.24, 2.45) is 0 Å². The Morgan fingerprint density at radius 1 is 1.40 bits per heavy atom. The van der Waals surface area contributed by atoms with Crippen LogP contribution in [-0.2, 0) is 14.4 Å². The van der Waals surface area contributed by atoms with E-state index in [1.807, 2.05) is 4.90 Å². The van der Waals surface area contributed by atoms with E-state index < -0.39 is 18.0 Å². The molecule has 0 radical (unpaired) electrons. The predicted octanol–water partition coefficient (Wildman–Crippen LogP) is 0.627. The number of amides is 2. The number of ether oxygens (including phenoxy) is 1. The van der Waals surface area contributed by atoms with Crippen LogP contribution in [0.2, 0.25) is 0 Å². The molecule has 0 spiro atoms. The molecular formula is C16H21FN4O4. The van der Waals surface area contributed by atoms with Gasteiger partial charge in [-0.25, -0.2) is 9.18 Å². The summed E-state index contributed by atoms with van der Waals surface area (Å²) in [7, 11) is 1.55. The van der Waals surface area contributed by atoms with Crippen LogP contribution >= 0.6 is 0 Å². The van der Waals surface area contributed by atoms with Gasteiger partial charge in [-0.3, -0.25) is 9.69 Å². The van der Waals surface area contributed by atoms with Gasteiger partial charge in [-0.15, -0.1) is 0 Å². The zero-order chi connectivity index (χ0) is 18.0. The highest BCUT2D eigenvalue weighted by Crippen LogP contribution is 2.30. The summed E-state index contributed by atoms with van der Waals surface area (Å²) in [6.07, 6.45) is -0.994. The molecule has 8 nitrogen and oxygen atoms in total. The van der Waals surface area contributed by atoms with Crippen molar-refractivity contribution < 1.29 is 23.6 Å². The lowest BCUT2D eigenvalue weighted by Crippen LogP contribution is -2.58. The van der Waals surface area contributed by atoms with E-state index in [1.165, 1.54) is 17.9 Å². The lowest BCUT2D eigenvalue weighted by atomic mass is 10.1. The average Bonchev–Trinajstić information content (AvgIpc) is 2.90. The number of cyclic esters (lactones) is 1. The van der Waals surface area contributed by atoms with Crippen LogP contribution in [-0.4, -0.2) is 57.4 Å². The van der Waals surface area contributed by atoms with E-state index in [4.69, 9.17) is 9.57 Å². The number of carbonyl (C=O) groups excluding carboxylic acids is 2. The van der Waals surface area contributed by atoms with Gasteiger partial charge in [-0.1, -0.05) is 0 Å². The van der Waals surface area contributed by atoms with E-state index in [0.717, 1.165) is 0 Å². The molecule has 0 unspecified atom stereocenters. The Morgan fingerprint density at radius 3 is 2.80 bits per heavy atom. The normalized spacial score (nSPS) is 20.4. The summed E-state index contributed by atoms with van der Waals surface area (Å²) in [4.78, 5) is 31.0. The van der Waals surface area contributed by atoms with Gasteiger partial charge in [0.2, 0.25) is 5.91 Å². The second-order valence-electron chi connectivity index (χ2n) is 6.11. The molecule has 0 aliphatic carbocycles. The molecule has 0 bridgehead atoms. The number of hydroxylamine groups is 1. The summed E-state index contributed by atoms with van der Waals surface area (Å²) in [5.41, 5.74) is 3.74. The summed E-state index contributed by atoms with van der Waals surface area (Å²) in [5.74, 6) is -0.591. The van der Waals surface area contributed by atoms with Crippen LogP contribution in [0.1, 0.15) is 6.92 Å². The van der Waals surface area contributed by atoms with E-state index >= 15 is 0 Å². The fourth-order valence-corrected chi connectivity index (χ4v) is 2.93. The number of carbonyl (C=O) groups is 2. The molecule has 2 heterocycles. The van der Waals surface area contributed by atoms with Gasteiger partial charge in [0.15, 0.2) is 0 Å². The molecule has 1 atom stereocenters. The van der Waals surface area contributed by atoms with Gasteiger partial charge in [0, 0.05) is 20.0 Å². The van der Waals surface area contributed by atoms with Crippen molar-refractivity contribution in [3.63, 3.8) is 0 Å². The van der Waals surface area contributed by atoms with Crippen LogP contribution in [0, 0.1) is 5.82 Å². The SMILES string of the molecule is CONC1CN(c2ccc(N3C[C@H](CNC(C)=O)OC3=O)cc2F)C1. The molecule has 2 amide bonds. The lowest BCUT2D eigenvalue weighted by molar-refractivity contribution is -0.119. The Kier molecular flexibility index (Phi) is 5.05. The van der Waals surface area contributed by atoms with Gasteiger partial charge in [0.05, 0.1) is 37.6 Å². The van der Waals surface area contributed by atoms with E-state index in [-0.39, 0.29) is 25.0 Å². The van der Waals surface area contributed by atoms with E-state index in [2.05, 4.69) is 10.8 Å². The minimum Gasteiger partial charge on any atom is -0.442 e. The third kappa shape index (κ3) is 3.83. The molecule has 3 rings (SSSR count). The Morgan fingerprint density at radius 2 is 2.16 bits per heavy atom. The molecule has 1 aromatic rings. The van der Waals surface area contributed by atoms with Crippen LogP contribution in [0.5, 0.6) is 0 Å². The van der Waals surface area contributed by atoms with Crippen LogP contribution < -0.4 is 20.6 Å². The molecule has 2 N–H and O–H groups in total. The van der Waals surface area contributed by atoms with E-state index in [1.54, 1.807) is 19.2 Å². The molecule has 0 aromatic heterocycles. The molecule has 2 fully saturated rings. The smallest absolute Gasteiger partial charge is 0.414 e. The number of hydrogen-bond acceptors (Lipinski definition) is 6. The van der Waals surface area contributed by atoms with Gasteiger partial charge in [0.25, 0.3) is 0 Å². The molecular weight excluding hydrogens is 331 g/mol. The maximum atomic E-state index is 14.4. The topological polar surface area (TPSA) is 83.1 Å². The number of benzene rings is 1. The predicted molar refractivity (Wildman–Crippen MR) is 88.8 cm³/mol. The first kappa shape index (κ1) is 17.4. The van der Waals surface area contributed by atoms with Crippen molar-refractivity contribution in [3.8, 4) is 0 Å². The number of nitrogens with one attached hydrogen (secondary N) is 2. The molecule has 0 saturated carbocycles. The number of anilines is 2. The van der Waals surface area contributed by atoms with Crippen molar-refractivity contribution in [1.82, 2.24) is 10.8 Å². The van der Waals surface area contributed by atoms with Crippen molar-refractivity contribution in [1.29, 1.82) is 0 Å². The standard InChI is InChI=1S/C16H21FN4O4/c1-10(22)18-6-13-9-21(16(23)25-13)12-3-4-15(14(17)5-12)20-7-11(8-20)19-24-2/h3-5,11,13,19H,6-9H2,1-2H3,(H,18,22)/t13-/m0/s1. The zero-order valence-corrected chi connectivity index (χ0v) is 14.1. The summed E-state index contributed by atoms with van der Waals surface area (Å²) >= 11 is 0. The summed E-state index contributed by atoms with van der Waals surface area (Å²) in [5, 5.41) is 2.61. The van der Waals surface area contributed by atoms with Crippen LogP contribution in [0.3, 0.4) is 0 Å². The second-order valence-corrected chi connectivity index (χ2v) is 6.11. The van der Waals surface area contributed by atoms with E-state index in [9.17, 15) is 14.0 Å². The maximum absolute atomic E-state index is 14.4. The fraction of sp³-hybridized carbons (Fsp3) is 0.500. The van der Waals surface area contributed by atoms with Gasteiger partial charge >= 0.3 is 6.09 Å². The highest BCUT2D eigenvalue weighted by Gasteiger charge is 2.34. The Bertz CT molecular complexity index is 666. The van der Waals surface area contributed by atoms with Crippen molar-refractivity contribution in [2.45, 2.75) is 19.1 Å². The highest BCUT2D eigenvalue weighted by molar-refractivity contribution is 5.90. The molecule has 2 aliphatic rings. The van der Waals surface area contributed by atoms with Crippen LogP contribution in [0.25, 0.3) is 0 Å². The van der Waals surface area contributed by atoms with Gasteiger partial charge in [-0.2, -0.15) is 5.48 Å². The monoisotopic (exact) mass is 352 g/mol. The van der Waals surface area contributed by atoms with Crippen molar-refractivity contribution in [3.05, 3.63) is 24.0 Å². The van der Waals surface area contributed by atoms with Crippen molar-refractivity contribution in [2.75, 3.05) is 43.1 Å². The first-order valence-corrected chi connectivity index (χ1v) is 8.03. The zero-order valence-electron chi connectivity index (χ0n) is 14.1. The summed E-state index contributed by atoms with van der Waals surface area (Å²) in [6.45, 7) is 3.19. The number of halogens is 1. The third-order valence-corrected chi connectivity index (χ3v) is 4.20. The molecule has 136 valence electrons. The minimum atomic E-state index is -0.546. The van der Waals surface area contributed by atoms with Gasteiger partial charge in [0.1, 0.15) is 11.9 Å². The minimum absolute atomic E-state index is 0.173. The van der Waals surface area contributed by atoms with Crippen LogP contribution in [0.15, 0.2) is 18.2 Å². The largest absolute Gasteiger partial charge is 0.442 e. The summed E-state index contributed by atoms with van der Waals surface area (Å²) in [6, 6.07) is 4.85. The van der Waals surface area contributed by atoms with Crippen molar-refractivity contribution >= 4 is 23.4 Å². The average molecular weight is 352 g/mol. The number of rotatable bonds is 6. The lowest BCUT2D eigenvalue weighted by Gasteiger charge is -2.40. The molecule has 1 aromatic carbocycles. The Hall–Kier alpha value is -2.39. The highest BCUT2D eigenvalue weighted by atomic mass is 19.1. The quantitative estimate of drug-likeness (QED) is 0.731. The molecule has 2 saturated heterocycles. The summed E-state index contributed by atoms with van der Waals surface area (Å²) < 4.78 is 19.6. The third-order valence-electron chi connectivity index (χ3n) is 4.20.